The number of benzene rings is 1. The molecule has 30 heavy (non-hydrogen) atoms. The summed E-state index contributed by atoms with van der Waals surface area (Å²) in [6.45, 7) is 5.19. The molecule has 1 N–H and O–H groups in total. The monoisotopic (exact) mass is 408 g/mol. The molecular formula is C23H28N4O3. The highest BCUT2D eigenvalue weighted by Crippen LogP contribution is 2.46. The van der Waals surface area contributed by atoms with E-state index in [9.17, 15) is 9.59 Å². The molecule has 3 heterocycles. The molecule has 7 heteroatoms. The Bertz CT molecular complexity index is 908. The van der Waals surface area contributed by atoms with Gasteiger partial charge in [-0.1, -0.05) is 18.2 Å². The Morgan fingerprint density at radius 1 is 1.20 bits per heavy atom. The maximum Gasteiger partial charge on any atom is 0.255 e. The number of ether oxygens (including phenoxy) is 1. The smallest absolute Gasteiger partial charge is 0.255 e. The summed E-state index contributed by atoms with van der Waals surface area (Å²) < 4.78 is 6.50. The SMILES string of the molecule is CC(C)NC(=O)CC1CC2(CCN(C(=O)c3ccnnc3)CC2)Oc2ccccc21. The van der Waals surface area contributed by atoms with Gasteiger partial charge in [-0.3, -0.25) is 9.59 Å². The minimum atomic E-state index is -0.343. The first kappa shape index (κ1) is 20.3. The minimum absolute atomic E-state index is 0.0242. The van der Waals surface area contributed by atoms with Crippen molar-refractivity contribution < 1.29 is 14.3 Å². The fraction of sp³-hybridized carbons (Fsp3) is 0.478. The molecule has 0 saturated carbocycles. The molecule has 1 atom stereocenters. The third-order valence-corrected chi connectivity index (χ3v) is 5.98. The molecule has 158 valence electrons. The first-order chi connectivity index (χ1) is 14.5. The summed E-state index contributed by atoms with van der Waals surface area (Å²) in [6, 6.07) is 9.83. The van der Waals surface area contributed by atoms with E-state index in [0.29, 0.717) is 25.1 Å². The van der Waals surface area contributed by atoms with E-state index in [1.165, 1.54) is 12.4 Å². The standard InChI is InChI=1S/C23H28N4O3/c1-16(2)26-21(28)13-18-14-23(30-20-6-4-3-5-19(18)20)8-11-27(12-9-23)22(29)17-7-10-24-25-15-17/h3-7,10,15-16,18H,8-9,11-14H2,1-2H3,(H,26,28). The summed E-state index contributed by atoms with van der Waals surface area (Å²) in [5.74, 6) is 1.02. The Morgan fingerprint density at radius 3 is 2.67 bits per heavy atom. The molecule has 0 aliphatic carbocycles. The number of hydrogen-bond acceptors (Lipinski definition) is 5. The van der Waals surface area contributed by atoms with Crippen molar-refractivity contribution in [1.29, 1.82) is 0 Å². The lowest BCUT2D eigenvalue weighted by Gasteiger charge is -2.47. The quantitative estimate of drug-likeness (QED) is 0.841. The molecule has 1 fully saturated rings. The fourth-order valence-electron chi connectivity index (χ4n) is 4.55. The summed E-state index contributed by atoms with van der Waals surface area (Å²) in [4.78, 5) is 27.1. The van der Waals surface area contributed by atoms with E-state index >= 15 is 0 Å². The Hall–Kier alpha value is -2.96. The number of piperidine rings is 1. The Kier molecular flexibility index (Phi) is 5.70. The highest BCUT2D eigenvalue weighted by Gasteiger charge is 2.44. The number of hydrogen-bond donors (Lipinski definition) is 1. The second kappa shape index (κ2) is 8.42. The van der Waals surface area contributed by atoms with Crippen LogP contribution in [-0.2, 0) is 4.79 Å². The summed E-state index contributed by atoms with van der Waals surface area (Å²) in [7, 11) is 0. The van der Waals surface area contributed by atoms with Crippen molar-refractivity contribution in [2.45, 2.75) is 57.1 Å². The number of nitrogens with zero attached hydrogens (tertiary/aromatic N) is 3. The number of likely N-dealkylation sites (tertiary alicyclic amines) is 1. The number of amides is 2. The molecule has 2 aliphatic rings. The molecule has 7 nitrogen and oxygen atoms in total. The van der Waals surface area contributed by atoms with E-state index in [1.807, 2.05) is 36.9 Å². The van der Waals surface area contributed by atoms with Gasteiger partial charge in [0, 0.05) is 44.3 Å². The van der Waals surface area contributed by atoms with Crippen molar-refractivity contribution in [3.63, 3.8) is 0 Å². The molecule has 1 aromatic heterocycles. The van der Waals surface area contributed by atoms with Gasteiger partial charge < -0.3 is 15.0 Å². The predicted octanol–water partition coefficient (Wildman–Crippen LogP) is 2.93. The number of aromatic nitrogens is 2. The Labute approximate surface area is 176 Å². The summed E-state index contributed by atoms with van der Waals surface area (Å²) >= 11 is 0. The van der Waals surface area contributed by atoms with Gasteiger partial charge in [-0.05, 0) is 38.0 Å². The van der Waals surface area contributed by atoms with Crippen molar-refractivity contribution >= 4 is 11.8 Å². The zero-order valence-electron chi connectivity index (χ0n) is 17.5. The molecular weight excluding hydrogens is 380 g/mol. The van der Waals surface area contributed by atoms with Gasteiger partial charge in [-0.2, -0.15) is 10.2 Å². The first-order valence-electron chi connectivity index (χ1n) is 10.6. The van der Waals surface area contributed by atoms with Crippen LogP contribution in [0.25, 0.3) is 0 Å². The van der Waals surface area contributed by atoms with Crippen molar-refractivity contribution in [2.24, 2.45) is 0 Å². The number of fused-ring (bicyclic) bond motifs is 1. The Balaban J connectivity index is 1.48. The van der Waals surface area contributed by atoms with Crippen LogP contribution in [0, 0.1) is 0 Å². The number of nitrogens with one attached hydrogen (secondary N) is 1. The lowest BCUT2D eigenvalue weighted by atomic mass is 9.76. The van der Waals surface area contributed by atoms with Gasteiger partial charge in [0.25, 0.3) is 5.91 Å². The molecule has 0 bridgehead atoms. The zero-order chi connectivity index (χ0) is 21.1. The van der Waals surface area contributed by atoms with Crippen LogP contribution in [-0.4, -0.2) is 51.6 Å². The summed E-state index contributed by atoms with van der Waals surface area (Å²) in [6.07, 6.45) is 5.76. The van der Waals surface area contributed by atoms with E-state index in [4.69, 9.17) is 4.74 Å². The van der Waals surface area contributed by atoms with Gasteiger partial charge in [-0.25, -0.2) is 0 Å². The highest BCUT2D eigenvalue weighted by atomic mass is 16.5. The van der Waals surface area contributed by atoms with Gasteiger partial charge in [0.2, 0.25) is 5.91 Å². The van der Waals surface area contributed by atoms with Crippen LogP contribution in [0.15, 0.2) is 42.7 Å². The third kappa shape index (κ3) is 4.30. The number of rotatable bonds is 4. The number of para-hydroxylation sites is 1. The van der Waals surface area contributed by atoms with Crippen LogP contribution >= 0.6 is 0 Å². The molecule has 2 aliphatic heterocycles. The molecule has 1 saturated heterocycles. The van der Waals surface area contributed by atoms with Crippen LogP contribution in [0.2, 0.25) is 0 Å². The largest absolute Gasteiger partial charge is 0.487 e. The van der Waals surface area contributed by atoms with Crippen LogP contribution in [0.5, 0.6) is 5.75 Å². The van der Waals surface area contributed by atoms with E-state index in [2.05, 4.69) is 21.6 Å². The van der Waals surface area contributed by atoms with E-state index in [-0.39, 0.29) is 29.4 Å². The minimum Gasteiger partial charge on any atom is -0.487 e. The fourth-order valence-corrected chi connectivity index (χ4v) is 4.55. The second-order valence-corrected chi connectivity index (χ2v) is 8.57. The lowest BCUT2D eigenvalue weighted by Crippen LogP contribution is -2.52. The molecule has 0 radical (unpaired) electrons. The van der Waals surface area contributed by atoms with E-state index < -0.39 is 0 Å². The molecule has 1 aromatic carbocycles. The highest BCUT2D eigenvalue weighted by molar-refractivity contribution is 5.93. The van der Waals surface area contributed by atoms with Gasteiger partial charge in [0.1, 0.15) is 11.4 Å². The van der Waals surface area contributed by atoms with Crippen molar-refractivity contribution in [3.05, 3.63) is 53.9 Å². The average molecular weight is 409 g/mol. The van der Waals surface area contributed by atoms with Gasteiger partial charge >= 0.3 is 0 Å². The Morgan fingerprint density at radius 2 is 1.97 bits per heavy atom. The molecule has 4 rings (SSSR count). The van der Waals surface area contributed by atoms with Crippen LogP contribution in [0.4, 0.5) is 0 Å². The molecule has 2 amide bonds. The summed E-state index contributed by atoms with van der Waals surface area (Å²) in [5, 5.41) is 10.6. The third-order valence-electron chi connectivity index (χ3n) is 5.98. The topological polar surface area (TPSA) is 84.4 Å². The van der Waals surface area contributed by atoms with Gasteiger partial charge in [0.15, 0.2) is 0 Å². The van der Waals surface area contributed by atoms with E-state index in [1.54, 1.807) is 6.07 Å². The van der Waals surface area contributed by atoms with Crippen LogP contribution in [0.3, 0.4) is 0 Å². The maximum atomic E-state index is 12.7. The zero-order valence-corrected chi connectivity index (χ0v) is 17.5. The lowest BCUT2D eigenvalue weighted by molar-refractivity contribution is -0.122. The van der Waals surface area contributed by atoms with E-state index in [0.717, 1.165) is 30.6 Å². The molecule has 1 spiro atoms. The van der Waals surface area contributed by atoms with Crippen molar-refractivity contribution in [1.82, 2.24) is 20.4 Å². The normalized spacial score (nSPS) is 19.8. The second-order valence-electron chi connectivity index (χ2n) is 8.57. The summed E-state index contributed by atoms with van der Waals surface area (Å²) in [5.41, 5.74) is 1.31. The first-order valence-corrected chi connectivity index (χ1v) is 10.6. The van der Waals surface area contributed by atoms with Crippen LogP contribution < -0.4 is 10.1 Å². The molecule has 2 aromatic rings. The van der Waals surface area contributed by atoms with Gasteiger partial charge in [0.05, 0.1) is 18.0 Å². The average Bonchev–Trinajstić information content (AvgIpc) is 2.74. The van der Waals surface area contributed by atoms with Crippen LogP contribution in [0.1, 0.15) is 61.4 Å². The molecule has 1 unspecified atom stereocenters. The van der Waals surface area contributed by atoms with Gasteiger partial charge in [-0.15, -0.1) is 0 Å². The number of carbonyl (C=O) groups is 2. The van der Waals surface area contributed by atoms with Crippen molar-refractivity contribution in [2.75, 3.05) is 13.1 Å². The maximum absolute atomic E-state index is 12.7. The number of carbonyl (C=O) groups excluding carboxylic acids is 2. The van der Waals surface area contributed by atoms with Crippen molar-refractivity contribution in [3.8, 4) is 5.75 Å². The predicted molar refractivity (Wildman–Crippen MR) is 112 cm³/mol.